The molecule has 1 fully saturated rings. The first-order chi connectivity index (χ1) is 14.1. The van der Waals surface area contributed by atoms with Gasteiger partial charge < -0.3 is 9.32 Å². The van der Waals surface area contributed by atoms with Crippen molar-refractivity contribution in [3.8, 4) is 0 Å². The van der Waals surface area contributed by atoms with Crippen LogP contribution in [0.5, 0.6) is 0 Å². The number of anilines is 1. The monoisotopic (exact) mass is 382 g/mol. The minimum Gasteiger partial charge on any atom is -0.456 e. The van der Waals surface area contributed by atoms with Gasteiger partial charge in [0.1, 0.15) is 11.2 Å². The second-order valence-corrected chi connectivity index (χ2v) is 8.68. The Kier molecular flexibility index (Phi) is 3.60. The number of para-hydroxylation sites is 1. The van der Waals surface area contributed by atoms with E-state index >= 15 is 0 Å². The van der Waals surface area contributed by atoms with E-state index in [1.807, 2.05) is 6.07 Å². The van der Waals surface area contributed by atoms with Gasteiger partial charge in [0.15, 0.2) is 0 Å². The van der Waals surface area contributed by atoms with Gasteiger partial charge in [-0.25, -0.2) is 0 Å². The Balaban J connectivity index is 1.60. The molecule has 3 aromatic carbocycles. The van der Waals surface area contributed by atoms with E-state index in [1.165, 1.54) is 46.0 Å². The molecule has 3 heteroatoms. The lowest BCUT2D eigenvalue weighted by Gasteiger charge is -2.39. The first kappa shape index (κ1) is 17.1. The van der Waals surface area contributed by atoms with Gasteiger partial charge in [0, 0.05) is 22.5 Å². The first-order valence-corrected chi connectivity index (χ1v) is 10.6. The molecule has 0 spiro atoms. The van der Waals surface area contributed by atoms with Crippen LogP contribution in [0, 0.1) is 6.92 Å². The molecule has 7 rings (SSSR count). The smallest absolute Gasteiger partial charge is 0.135 e. The van der Waals surface area contributed by atoms with Crippen LogP contribution in [0.2, 0.25) is 0 Å². The molecular weight excluding hydrogens is 356 g/mol. The number of rotatable bonds is 1. The third kappa shape index (κ3) is 2.34. The number of hydrogen-bond acceptors (Lipinski definition) is 3. The average Bonchev–Trinajstić information content (AvgIpc) is 3.01. The summed E-state index contributed by atoms with van der Waals surface area (Å²) in [6.45, 7) is 4.58. The lowest BCUT2D eigenvalue weighted by atomic mass is 9.84. The predicted molar refractivity (Wildman–Crippen MR) is 119 cm³/mol. The fourth-order valence-electron chi connectivity index (χ4n) is 5.68. The summed E-state index contributed by atoms with van der Waals surface area (Å²) < 4.78 is 6.14. The van der Waals surface area contributed by atoms with Gasteiger partial charge in [-0.1, -0.05) is 42.5 Å². The van der Waals surface area contributed by atoms with Crippen molar-refractivity contribution in [3.05, 3.63) is 77.4 Å². The molecule has 3 aliphatic rings. The number of furan rings is 1. The summed E-state index contributed by atoms with van der Waals surface area (Å²) >= 11 is 0. The molecule has 0 saturated carbocycles. The molecule has 0 radical (unpaired) electrons. The third-order valence-corrected chi connectivity index (χ3v) is 7.22. The molecule has 1 aromatic heterocycles. The molecule has 2 unspecified atom stereocenters. The lowest BCUT2D eigenvalue weighted by Crippen LogP contribution is -2.43. The predicted octanol–water partition coefficient (Wildman–Crippen LogP) is 6.57. The highest BCUT2D eigenvalue weighted by atomic mass is 16.3. The number of fused-ring (bicyclic) bond motifs is 6. The largest absolute Gasteiger partial charge is 0.456 e. The van der Waals surface area contributed by atoms with Crippen molar-refractivity contribution in [1.82, 2.24) is 4.90 Å². The fraction of sp³-hybridized carbons (Fsp3) is 0.308. The third-order valence-electron chi connectivity index (χ3n) is 7.22. The Hall–Kier alpha value is -2.78. The molecule has 3 heterocycles. The molecule has 0 amide bonds. The molecule has 0 N–H and O–H groups in total. The maximum Gasteiger partial charge on any atom is 0.135 e. The quantitative estimate of drug-likeness (QED) is 0.371. The van der Waals surface area contributed by atoms with Crippen molar-refractivity contribution in [2.75, 3.05) is 11.9 Å². The average molecular weight is 383 g/mol. The zero-order valence-corrected chi connectivity index (χ0v) is 17.2. The van der Waals surface area contributed by atoms with E-state index in [0.717, 1.165) is 11.2 Å². The van der Waals surface area contributed by atoms with Crippen LogP contribution in [0.25, 0.3) is 21.9 Å². The van der Waals surface area contributed by atoms with Gasteiger partial charge in [-0.05, 0) is 68.6 Å². The van der Waals surface area contributed by atoms with Crippen LogP contribution in [-0.4, -0.2) is 18.1 Å². The molecule has 146 valence electrons. The Labute approximate surface area is 171 Å². The minimum atomic E-state index is 0.328. The van der Waals surface area contributed by atoms with Crippen molar-refractivity contribution in [3.63, 3.8) is 0 Å². The summed E-state index contributed by atoms with van der Waals surface area (Å²) in [5.41, 5.74) is 7.55. The number of nitrogens with zero attached hydrogens (tertiary/aromatic N) is 2. The maximum atomic E-state index is 6.14. The Bertz CT molecular complexity index is 1240. The normalized spacial score (nSPS) is 24.2. The zero-order chi connectivity index (χ0) is 19.7. The van der Waals surface area contributed by atoms with Gasteiger partial charge >= 0.3 is 0 Å². The Morgan fingerprint density at radius 3 is 2.34 bits per heavy atom. The molecule has 4 aromatic rings. The van der Waals surface area contributed by atoms with Crippen molar-refractivity contribution in [1.29, 1.82) is 0 Å². The van der Waals surface area contributed by atoms with Crippen molar-refractivity contribution < 1.29 is 4.42 Å². The van der Waals surface area contributed by atoms with Crippen molar-refractivity contribution in [2.24, 2.45) is 0 Å². The second kappa shape index (κ2) is 6.11. The van der Waals surface area contributed by atoms with Crippen LogP contribution in [-0.2, 0) is 0 Å². The molecule has 2 bridgehead atoms. The van der Waals surface area contributed by atoms with Crippen LogP contribution in [0.3, 0.4) is 0 Å². The van der Waals surface area contributed by atoms with Crippen LogP contribution < -0.4 is 4.90 Å². The summed E-state index contributed by atoms with van der Waals surface area (Å²) in [5, 5.41) is 2.41. The van der Waals surface area contributed by atoms with Crippen LogP contribution in [0.1, 0.15) is 48.5 Å². The van der Waals surface area contributed by atoms with E-state index in [4.69, 9.17) is 4.42 Å². The van der Waals surface area contributed by atoms with E-state index in [1.54, 1.807) is 0 Å². The highest BCUT2D eigenvalue weighted by Gasteiger charge is 2.41. The summed E-state index contributed by atoms with van der Waals surface area (Å²) in [5.74, 6) is 0. The fourth-order valence-corrected chi connectivity index (χ4v) is 5.68. The van der Waals surface area contributed by atoms with E-state index < -0.39 is 0 Å². The summed E-state index contributed by atoms with van der Waals surface area (Å²) in [7, 11) is 2.29. The van der Waals surface area contributed by atoms with Crippen molar-refractivity contribution >= 4 is 27.6 Å². The maximum absolute atomic E-state index is 6.14. The molecular formula is C26H26N2O. The second-order valence-electron chi connectivity index (χ2n) is 8.68. The van der Waals surface area contributed by atoms with Gasteiger partial charge in [0.05, 0.1) is 12.2 Å². The first-order valence-electron chi connectivity index (χ1n) is 10.6. The Morgan fingerprint density at radius 2 is 1.52 bits per heavy atom. The van der Waals surface area contributed by atoms with E-state index in [-0.39, 0.29) is 0 Å². The lowest BCUT2D eigenvalue weighted by molar-refractivity contribution is 0.191. The van der Waals surface area contributed by atoms with E-state index in [9.17, 15) is 0 Å². The van der Waals surface area contributed by atoms with E-state index in [2.05, 4.69) is 85.3 Å². The zero-order valence-electron chi connectivity index (χ0n) is 17.2. The summed E-state index contributed by atoms with van der Waals surface area (Å²) in [6.07, 6.45) is 2.74. The highest BCUT2D eigenvalue weighted by Crippen LogP contribution is 2.49. The van der Waals surface area contributed by atoms with Gasteiger partial charge in [-0.2, -0.15) is 0 Å². The molecule has 3 atom stereocenters. The Morgan fingerprint density at radius 1 is 0.828 bits per heavy atom. The number of hydrogen-bond donors (Lipinski definition) is 0. The van der Waals surface area contributed by atoms with Crippen LogP contribution in [0.15, 0.2) is 65.1 Å². The van der Waals surface area contributed by atoms with Crippen LogP contribution >= 0.6 is 0 Å². The van der Waals surface area contributed by atoms with Gasteiger partial charge in [-0.15, -0.1) is 0 Å². The molecule has 1 aliphatic carbocycles. The summed E-state index contributed by atoms with van der Waals surface area (Å²) in [4.78, 5) is 5.21. The number of aryl methyl sites for hydroxylation is 1. The van der Waals surface area contributed by atoms with E-state index in [0.29, 0.717) is 18.2 Å². The van der Waals surface area contributed by atoms with Crippen LogP contribution in [0.4, 0.5) is 5.69 Å². The highest BCUT2D eigenvalue weighted by molar-refractivity contribution is 6.06. The SMILES string of the molecule is Cc1cc2oc3ccccc3c2cc1N1C2CCC(c3ccccc32)N(C)[C@@H]1C. The standard InChI is InChI=1S/C26H26N2O/c1-16-14-26-21(20-10-6-7-11-25(20)29-26)15-24(16)28-17(2)27(3)22-12-13-23(28)19-9-5-4-8-18(19)22/h4-11,14-15,17,22-23H,12-13H2,1-3H3/t17-,22?,23?/m0/s1. The minimum absolute atomic E-state index is 0.328. The van der Waals surface area contributed by atoms with Gasteiger partial charge in [-0.3, -0.25) is 4.90 Å². The van der Waals surface area contributed by atoms with Crippen molar-refractivity contribution in [2.45, 2.75) is 44.9 Å². The molecule has 29 heavy (non-hydrogen) atoms. The topological polar surface area (TPSA) is 19.6 Å². The molecule has 1 saturated heterocycles. The van der Waals surface area contributed by atoms with Gasteiger partial charge in [0.2, 0.25) is 0 Å². The molecule has 2 aliphatic heterocycles. The molecule has 3 nitrogen and oxygen atoms in total. The summed E-state index contributed by atoms with van der Waals surface area (Å²) in [6, 6.07) is 22.9. The number of benzene rings is 3. The van der Waals surface area contributed by atoms with Gasteiger partial charge in [0.25, 0.3) is 0 Å².